The Morgan fingerprint density at radius 3 is 2.71 bits per heavy atom. The summed E-state index contributed by atoms with van der Waals surface area (Å²) in [5, 5.41) is 5.21. The molecular formula is C14H14F2N2O3. The Hall–Kier alpha value is -2.57. The van der Waals surface area contributed by atoms with Crippen LogP contribution in [0, 0.1) is 0 Å². The molecule has 7 heteroatoms. The van der Waals surface area contributed by atoms with Crippen molar-refractivity contribution in [2.45, 2.75) is 19.7 Å². The first kappa shape index (κ1) is 14.8. The molecule has 0 bridgehead atoms. The van der Waals surface area contributed by atoms with Gasteiger partial charge < -0.3 is 19.8 Å². The highest BCUT2D eigenvalue weighted by Gasteiger charge is 2.06. The summed E-state index contributed by atoms with van der Waals surface area (Å²) in [6, 6.07) is 9.23. The van der Waals surface area contributed by atoms with Gasteiger partial charge in [0.15, 0.2) is 0 Å². The maximum Gasteiger partial charge on any atom is 0.387 e. The van der Waals surface area contributed by atoms with Crippen molar-refractivity contribution in [1.82, 2.24) is 10.6 Å². The van der Waals surface area contributed by atoms with Gasteiger partial charge in [0, 0.05) is 6.54 Å². The second kappa shape index (κ2) is 7.28. The number of carbonyl (C=O) groups excluding carboxylic acids is 1. The molecule has 112 valence electrons. The highest BCUT2D eigenvalue weighted by atomic mass is 19.3. The van der Waals surface area contributed by atoms with E-state index in [2.05, 4.69) is 15.4 Å². The van der Waals surface area contributed by atoms with Crippen LogP contribution in [-0.4, -0.2) is 12.6 Å². The van der Waals surface area contributed by atoms with Crippen molar-refractivity contribution < 1.29 is 22.7 Å². The zero-order valence-electron chi connectivity index (χ0n) is 11.0. The molecule has 5 nitrogen and oxygen atoms in total. The minimum atomic E-state index is -2.87. The van der Waals surface area contributed by atoms with E-state index in [4.69, 9.17) is 4.42 Å². The van der Waals surface area contributed by atoms with Crippen LogP contribution < -0.4 is 15.4 Å². The lowest BCUT2D eigenvalue weighted by Gasteiger charge is -2.08. The van der Waals surface area contributed by atoms with Crippen LogP contribution in [-0.2, 0) is 13.1 Å². The number of carbonyl (C=O) groups is 1. The number of alkyl halides is 2. The Morgan fingerprint density at radius 2 is 2.00 bits per heavy atom. The summed E-state index contributed by atoms with van der Waals surface area (Å²) < 4.78 is 33.5. The predicted octanol–water partition coefficient (Wildman–Crippen LogP) is 2.88. The number of rotatable bonds is 6. The normalized spacial score (nSPS) is 10.4. The number of urea groups is 1. The fourth-order valence-corrected chi connectivity index (χ4v) is 1.66. The number of benzene rings is 1. The maximum atomic E-state index is 12.1. The second-order valence-corrected chi connectivity index (χ2v) is 4.14. The van der Waals surface area contributed by atoms with Crippen molar-refractivity contribution in [3.8, 4) is 5.75 Å². The molecule has 1 heterocycles. The first-order valence-corrected chi connectivity index (χ1v) is 6.21. The number of amides is 2. The molecule has 0 atom stereocenters. The average Bonchev–Trinajstić information content (AvgIpc) is 2.96. The van der Waals surface area contributed by atoms with Gasteiger partial charge >= 0.3 is 12.6 Å². The fourth-order valence-electron chi connectivity index (χ4n) is 1.66. The molecule has 0 spiro atoms. The molecule has 0 fully saturated rings. The summed E-state index contributed by atoms with van der Waals surface area (Å²) in [4.78, 5) is 11.6. The van der Waals surface area contributed by atoms with E-state index >= 15 is 0 Å². The topological polar surface area (TPSA) is 63.5 Å². The van der Waals surface area contributed by atoms with Gasteiger partial charge in [-0.2, -0.15) is 8.78 Å². The molecule has 2 aromatic rings. The summed E-state index contributed by atoms with van der Waals surface area (Å²) in [6.07, 6.45) is 1.52. The smallest absolute Gasteiger partial charge is 0.387 e. The van der Waals surface area contributed by atoms with Crippen molar-refractivity contribution in [3.63, 3.8) is 0 Å². The monoisotopic (exact) mass is 296 g/mol. The number of nitrogens with one attached hydrogen (secondary N) is 2. The summed E-state index contributed by atoms with van der Waals surface area (Å²) in [6.45, 7) is -2.40. The molecule has 2 rings (SSSR count). The van der Waals surface area contributed by atoms with Gasteiger partial charge in [0.2, 0.25) is 0 Å². The Bertz CT molecular complexity index is 573. The van der Waals surface area contributed by atoms with Gasteiger partial charge in [-0.3, -0.25) is 0 Å². The summed E-state index contributed by atoms with van der Waals surface area (Å²) >= 11 is 0. The van der Waals surface area contributed by atoms with E-state index in [1.165, 1.54) is 18.4 Å². The molecule has 0 unspecified atom stereocenters. The largest absolute Gasteiger partial charge is 0.467 e. The Balaban J connectivity index is 1.78. The zero-order valence-corrected chi connectivity index (χ0v) is 11.0. The summed E-state index contributed by atoms with van der Waals surface area (Å²) in [5.41, 5.74) is 0.654. The van der Waals surface area contributed by atoms with Gasteiger partial charge in [-0.05, 0) is 29.8 Å². The summed E-state index contributed by atoms with van der Waals surface area (Å²) in [7, 11) is 0. The van der Waals surface area contributed by atoms with Crippen LogP contribution in [0.3, 0.4) is 0 Å². The predicted molar refractivity (Wildman–Crippen MR) is 70.9 cm³/mol. The van der Waals surface area contributed by atoms with Crippen LogP contribution in [0.1, 0.15) is 11.3 Å². The van der Waals surface area contributed by atoms with E-state index in [0.717, 1.165) is 0 Å². The first-order chi connectivity index (χ1) is 10.1. The highest BCUT2D eigenvalue weighted by Crippen LogP contribution is 2.15. The third-order valence-electron chi connectivity index (χ3n) is 2.58. The SMILES string of the molecule is O=C(NCc1cccc(OC(F)F)c1)NCc1ccco1. The Kier molecular flexibility index (Phi) is 5.14. The molecule has 0 aliphatic heterocycles. The lowest BCUT2D eigenvalue weighted by molar-refractivity contribution is -0.0498. The van der Waals surface area contributed by atoms with Gasteiger partial charge in [-0.1, -0.05) is 12.1 Å². The van der Waals surface area contributed by atoms with Crippen LogP contribution >= 0.6 is 0 Å². The lowest BCUT2D eigenvalue weighted by atomic mass is 10.2. The minimum Gasteiger partial charge on any atom is -0.467 e. The van der Waals surface area contributed by atoms with Gasteiger partial charge in [-0.15, -0.1) is 0 Å². The van der Waals surface area contributed by atoms with Crippen LogP contribution in [0.4, 0.5) is 13.6 Å². The number of hydrogen-bond acceptors (Lipinski definition) is 3. The average molecular weight is 296 g/mol. The number of hydrogen-bond donors (Lipinski definition) is 2. The zero-order chi connectivity index (χ0) is 15.1. The second-order valence-electron chi connectivity index (χ2n) is 4.14. The van der Waals surface area contributed by atoms with Crippen molar-refractivity contribution in [3.05, 3.63) is 54.0 Å². The van der Waals surface area contributed by atoms with Crippen molar-refractivity contribution in [2.75, 3.05) is 0 Å². The van der Waals surface area contributed by atoms with Crippen LogP contribution in [0.5, 0.6) is 5.75 Å². The van der Waals surface area contributed by atoms with E-state index in [9.17, 15) is 13.6 Å². The molecular weight excluding hydrogens is 282 g/mol. The third kappa shape index (κ3) is 5.13. The molecule has 2 N–H and O–H groups in total. The van der Waals surface area contributed by atoms with Crippen molar-refractivity contribution >= 4 is 6.03 Å². The minimum absolute atomic E-state index is 0.0558. The number of ether oxygens (including phenoxy) is 1. The molecule has 2 amide bonds. The van der Waals surface area contributed by atoms with Crippen LogP contribution in [0.2, 0.25) is 0 Å². The quantitative estimate of drug-likeness (QED) is 0.861. The van der Waals surface area contributed by atoms with E-state index in [1.807, 2.05) is 0 Å². The van der Waals surface area contributed by atoms with E-state index in [-0.39, 0.29) is 24.9 Å². The molecule has 0 aliphatic carbocycles. The maximum absolute atomic E-state index is 12.1. The van der Waals surface area contributed by atoms with E-state index in [1.54, 1.807) is 24.3 Å². The van der Waals surface area contributed by atoms with Gasteiger partial charge in [0.1, 0.15) is 11.5 Å². The standard InChI is InChI=1S/C14H14F2N2O3/c15-13(16)21-11-4-1-3-10(7-11)8-17-14(19)18-9-12-5-2-6-20-12/h1-7,13H,8-9H2,(H2,17,18,19). The molecule has 21 heavy (non-hydrogen) atoms. The van der Waals surface area contributed by atoms with E-state index < -0.39 is 6.61 Å². The van der Waals surface area contributed by atoms with Crippen molar-refractivity contribution in [1.29, 1.82) is 0 Å². The highest BCUT2D eigenvalue weighted by molar-refractivity contribution is 5.73. The van der Waals surface area contributed by atoms with Gasteiger partial charge in [0.05, 0.1) is 12.8 Å². The van der Waals surface area contributed by atoms with Gasteiger partial charge in [-0.25, -0.2) is 4.79 Å². The lowest BCUT2D eigenvalue weighted by Crippen LogP contribution is -2.34. The molecule has 0 saturated carbocycles. The first-order valence-electron chi connectivity index (χ1n) is 6.21. The molecule has 0 radical (unpaired) electrons. The fraction of sp³-hybridized carbons (Fsp3) is 0.214. The van der Waals surface area contributed by atoms with Crippen LogP contribution in [0.25, 0.3) is 0 Å². The van der Waals surface area contributed by atoms with E-state index in [0.29, 0.717) is 11.3 Å². The molecule has 0 saturated heterocycles. The number of furan rings is 1. The van der Waals surface area contributed by atoms with Crippen LogP contribution in [0.15, 0.2) is 47.1 Å². The molecule has 1 aromatic heterocycles. The number of halogens is 2. The van der Waals surface area contributed by atoms with Crippen molar-refractivity contribution in [2.24, 2.45) is 0 Å². The molecule has 0 aliphatic rings. The Labute approximate surface area is 119 Å². The third-order valence-corrected chi connectivity index (χ3v) is 2.58. The van der Waals surface area contributed by atoms with Gasteiger partial charge in [0.25, 0.3) is 0 Å². The Morgan fingerprint density at radius 1 is 1.19 bits per heavy atom. The summed E-state index contributed by atoms with van der Waals surface area (Å²) in [5.74, 6) is 0.692. The molecule has 1 aromatic carbocycles.